The molecule has 3 rings (SSSR count). The molecule has 0 radical (unpaired) electrons. The van der Waals surface area contributed by atoms with Crippen molar-refractivity contribution in [1.29, 1.82) is 0 Å². The number of hydrogen-bond acceptors (Lipinski definition) is 4. The van der Waals surface area contributed by atoms with Crippen LogP contribution in [-0.2, 0) is 9.53 Å². The van der Waals surface area contributed by atoms with Gasteiger partial charge in [0.15, 0.2) is 0 Å². The molecule has 0 bridgehead atoms. The third-order valence-corrected chi connectivity index (χ3v) is 5.79. The number of rotatable bonds is 5. The van der Waals surface area contributed by atoms with Crippen molar-refractivity contribution >= 4 is 11.8 Å². The Kier molecular flexibility index (Phi) is 7.08. The zero-order valence-corrected chi connectivity index (χ0v) is 17.4. The Balaban J connectivity index is 1.53. The molecule has 2 fully saturated rings. The summed E-state index contributed by atoms with van der Waals surface area (Å²) in [5.41, 5.74) is 2.90. The van der Waals surface area contributed by atoms with Crippen LogP contribution in [0, 0.1) is 19.8 Å². The SMILES string of the molecule is Cc1cc(C)cc(C(=O)N2CCCC(C(=O)NCC(C)N3CCOCC3)C2)c1. The number of nitrogens with zero attached hydrogens (tertiary/aromatic N) is 2. The molecule has 2 aliphatic rings. The Morgan fingerprint density at radius 1 is 1.14 bits per heavy atom. The van der Waals surface area contributed by atoms with Gasteiger partial charge in [0.25, 0.3) is 5.91 Å². The number of morpholine rings is 1. The molecule has 2 heterocycles. The van der Waals surface area contributed by atoms with E-state index in [1.807, 2.05) is 30.9 Å². The van der Waals surface area contributed by atoms with Crippen molar-refractivity contribution in [3.63, 3.8) is 0 Å². The number of benzene rings is 1. The molecule has 2 atom stereocenters. The predicted molar refractivity (Wildman–Crippen MR) is 109 cm³/mol. The van der Waals surface area contributed by atoms with Crippen molar-refractivity contribution in [3.05, 3.63) is 34.9 Å². The third-order valence-electron chi connectivity index (χ3n) is 5.79. The second-order valence-electron chi connectivity index (χ2n) is 8.21. The van der Waals surface area contributed by atoms with Crippen molar-refractivity contribution < 1.29 is 14.3 Å². The maximum atomic E-state index is 12.9. The van der Waals surface area contributed by atoms with Crippen LogP contribution in [0.4, 0.5) is 0 Å². The van der Waals surface area contributed by atoms with Crippen molar-refractivity contribution in [2.45, 2.75) is 39.7 Å². The van der Waals surface area contributed by atoms with Crippen molar-refractivity contribution in [2.24, 2.45) is 5.92 Å². The molecule has 6 heteroatoms. The second-order valence-corrected chi connectivity index (χ2v) is 8.21. The number of nitrogens with one attached hydrogen (secondary N) is 1. The molecule has 28 heavy (non-hydrogen) atoms. The van der Waals surface area contributed by atoms with Gasteiger partial charge in [-0.1, -0.05) is 17.2 Å². The smallest absolute Gasteiger partial charge is 0.253 e. The number of carbonyl (C=O) groups is 2. The molecule has 0 spiro atoms. The second kappa shape index (κ2) is 9.52. The van der Waals surface area contributed by atoms with Gasteiger partial charge in [-0.25, -0.2) is 0 Å². The lowest BCUT2D eigenvalue weighted by molar-refractivity contribution is -0.126. The first-order chi connectivity index (χ1) is 13.4. The maximum Gasteiger partial charge on any atom is 0.253 e. The molecule has 0 aliphatic carbocycles. The summed E-state index contributed by atoms with van der Waals surface area (Å²) < 4.78 is 5.39. The quantitative estimate of drug-likeness (QED) is 0.839. The number of amides is 2. The van der Waals surface area contributed by atoms with Crippen LogP contribution >= 0.6 is 0 Å². The molecule has 1 N–H and O–H groups in total. The zero-order chi connectivity index (χ0) is 20.1. The van der Waals surface area contributed by atoms with E-state index in [1.54, 1.807) is 0 Å². The van der Waals surface area contributed by atoms with Crippen LogP contribution in [0.5, 0.6) is 0 Å². The van der Waals surface area contributed by atoms with Gasteiger partial charge >= 0.3 is 0 Å². The number of carbonyl (C=O) groups excluding carboxylic acids is 2. The molecule has 2 saturated heterocycles. The highest BCUT2D eigenvalue weighted by molar-refractivity contribution is 5.95. The predicted octanol–water partition coefficient (Wildman–Crippen LogP) is 1.99. The molecule has 0 saturated carbocycles. The summed E-state index contributed by atoms with van der Waals surface area (Å²) in [5.74, 6) is -0.0236. The summed E-state index contributed by atoms with van der Waals surface area (Å²) in [4.78, 5) is 29.8. The Labute approximate surface area is 168 Å². The topological polar surface area (TPSA) is 61.9 Å². The highest BCUT2D eigenvalue weighted by Crippen LogP contribution is 2.20. The van der Waals surface area contributed by atoms with Crippen molar-refractivity contribution in [2.75, 3.05) is 45.9 Å². The van der Waals surface area contributed by atoms with E-state index in [4.69, 9.17) is 4.74 Å². The van der Waals surface area contributed by atoms with Gasteiger partial charge in [-0.3, -0.25) is 14.5 Å². The van der Waals surface area contributed by atoms with Crippen LogP contribution in [0.2, 0.25) is 0 Å². The first-order valence-corrected chi connectivity index (χ1v) is 10.4. The minimum Gasteiger partial charge on any atom is -0.379 e. The Hall–Kier alpha value is -1.92. The average molecular weight is 388 g/mol. The Bertz CT molecular complexity index is 680. The first kappa shape index (κ1) is 20.8. The minimum absolute atomic E-state index is 0.0333. The molecule has 2 aliphatic heterocycles. The highest BCUT2D eigenvalue weighted by atomic mass is 16.5. The summed E-state index contributed by atoms with van der Waals surface area (Å²) in [6, 6.07) is 6.23. The van der Waals surface area contributed by atoms with Crippen LogP contribution < -0.4 is 5.32 Å². The van der Waals surface area contributed by atoms with Gasteiger partial charge in [-0.2, -0.15) is 0 Å². The van der Waals surface area contributed by atoms with Crippen molar-refractivity contribution in [3.8, 4) is 0 Å². The van der Waals surface area contributed by atoms with Gasteiger partial charge in [0.2, 0.25) is 5.91 Å². The fourth-order valence-corrected chi connectivity index (χ4v) is 4.20. The fraction of sp³-hybridized carbons (Fsp3) is 0.636. The van der Waals surface area contributed by atoms with E-state index < -0.39 is 0 Å². The minimum atomic E-state index is -0.125. The lowest BCUT2D eigenvalue weighted by Crippen LogP contribution is -2.50. The van der Waals surface area contributed by atoms with Crippen LogP contribution in [0.1, 0.15) is 41.3 Å². The molecule has 1 aromatic rings. The molecule has 2 unspecified atom stereocenters. The van der Waals surface area contributed by atoms with Gasteiger partial charge in [-0.15, -0.1) is 0 Å². The molecule has 154 valence electrons. The Morgan fingerprint density at radius 3 is 2.50 bits per heavy atom. The molecular weight excluding hydrogens is 354 g/mol. The summed E-state index contributed by atoms with van der Waals surface area (Å²) in [5, 5.41) is 3.11. The van der Waals surface area contributed by atoms with Gasteiger partial charge in [0, 0.05) is 44.3 Å². The van der Waals surface area contributed by atoms with E-state index >= 15 is 0 Å². The number of ether oxygens (including phenoxy) is 1. The van der Waals surface area contributed by atoms with Crippen LogP contribution in [0.15, 0.2) is 18.2 Å². The monoisotopic (exact) mass is 387 g/mol. The lowest BCUT2D eigenvalue weighted by Gasteiger charge is -2.34. The van der Waals surface area contributed by atoms with E-state index in [-0.39, 0.29) is 17.7 Å². The zero-order valence-electron chi connectivity index (χ0n) is 17.4. The first-order valence-electron chi connectivity index (χ1n) is 10.4. The van der Waals surface area contributed by atoms with E-state index in [9.17, 15) is 9.59 Å². The molecule has 1 aromatic carbocycles. The van der Waals surface area contributed by atoms with E-state index in [0.29, 0.717) is 19.1 Å². The number of aryl methyl sites for hydroxylation is 2. The van der Waals surface area contributed by atoms with Crippen LogP contribution in [0.25, 0.3) is 0 Å². The standard InChI is InChI=1S/C22H33N3O3/c1-16-11-17(2)13-20(12-16)22(27)25-6-4-5-19(15-25)21(26)23-14-18(3)24-7-9-28-10-8-24/h11-13,18-19H,4-10,14-15H2,1-3H3,(H,23,26). The van der Waals surface area contributed by atoms with Gasteiger partial charge in [-0.05, 0) is 45.7 Å². The van der Waals surface area contributed by atoms with Gasteiger partial charge in [0.05, 0.1) is 19.1 Å². The van der Waals surface area contributed by atoms with E-state index in [0.717, 1.165) is 62.4 Å². The summed E-state index contributed by atoms with van der Waals surface area (Å²) >= 11 is 0. The fourth-order valence-electron chi connectivity index (χ4n) is 4.20. The van der Waals surface area contributed by atoms with E-state index in [2.05, 4.69) is 23.2 Å². The maximum absolute atomic E-state index is 12.9. The number of piperidine rings is 1. The summed E-state index contributed by atoms with van der Waals surface area (Å²) in [7, 11) is 0. The largest absolute Gasteiger partial charge is 0.379 e. The number of likely N-dealkylation sites (tertiary alicyclic amines) is 1. The van der Waals surface area contributed by atoms with Crippen LogP contribution in [-0.4, -0.2) is 73.6 Å². The van der Waals surface area contributed by atoms with Crippen molar-refractivity contribution in [1.82, 2.24) is 15.1 Å². The Morgan fingerprint density at radius 2 is 1.82 bits per heavy atom. The van der Waals surface area contributed by atoms with Gasteiger partial charge in [0.1, 0.15) is 0 Å². The molecule has 0 aromatic heterocycles. The summed E-state index contributed by atoms with van der Waals surface area (Å²) in [6.07, 6.45) is 1.71. The average Bonchev–Trinajstić information content (AvgIpc) is 2.71. The van der Waals surface area contributed by atoms with Gasteiger partial charge < -0.3 is 15.0 Å². The van der Waals surface area contributed by atoms with Crippen LogP contribution in [0.3, 0.4) is 0 Å². The summed E-state index contributed by atoms with van der Waals surface area (Å²) in [6.45, 7) is 11.4. The number of hydrogen-bond donors (Lipinski definition) is 1. The molecule has 6 nitrogen and oxygen atoms in total. The van der Waals surface area contributed by atoms with E-state index in [1.165, 1.54) is 0 Å². The third kappa shape index (κ3) is 5.32. The lowest BCUT2D eigenvalue weighted by atomic mass is 9.96. The molecule has 2 amide bonds. The normalized spacial score (nSPS) is 22.0. The molecular formula is C22H33N3O3. The highest BCUT2D eigenvalue weighted by Gasteiger charge is 2.29.